The summed E-state index contributed by atoms with van der Waals surface area (Å²) in [5.41, 5.74) is 0.879. The van der Waals surface area contributed by atoms with Gasteiger partial charge in [-0.05, 0) is 41.8 Å². The van der Waals surface area contributed by atoms with E-state index >= 15 is 0 Å². The van der Waals surface area contributed by atoms with Crippen LogP contribution in [0.15, 0.2) is 52.1 Å². The van der Waals surface area contributed by atoms with Gasteiger partial charge in [0, 0.05) is 24.4 Å². The molecule has 0 atom stereocenters. The van der Waals surface area contributed by atoms with Crippen LogP contribution in [0.3, 0.4) is 0 Å². The maximum absolute atomic E-state index is 13.9. The van der Waals surface area contributed by atoms with Crippen LogP contribution in [0.4, 0.5) is 4.39 Å². The molecular weight excluding hydrogens is 485 g/mol. The first-order valence-corrected chi connectivity index (χ1v) is 12.2. The molecule has 0 saturated carbocycles. The first kappa shape index (κ1) is 23.8. The van der Waals surface area contributed by atoms with E-state index in [1.54, 1.807) is 35.2 Å². The zero-order valence-electron chi connectivity index (χ0n) is 20.0. The molecule has 0 N–H and O–H groups in total. The molecule has 36 heavy (non-hydrogen) atoms. The SMILES string of the molecule is COc1ccc(-n2c(=O)c3c4c(sc3n(Cc3ccc(F)cc3)c2=O)CN(C(C)=O)CC4)c(OC)c1. The fourth-order valence-corrected chi connectivity index (χ4v) is 5.92. The maximum atomic E-state index is 13.9. The lowest BCUT2D eigenvalue weighted by molar-refractivity contribution is -0.129. The molecule has 0 radical (unpaired) electrons. The molecular formula is C26H24FN3O5S. The fraction of sp³-hybridized carbons (Fsp3) is 0.269. The minimum atomic E-state index is -0.540. The predicted molar refractivity (Wildman–Crippen MR) is 135 cm³/mol. The molecule has 0 saturated heterocycles. The monoisotopic (exact) mass is 509 g/mol. The number of hydrogen-bond donors (Lipinski definition) is 0. The van der Waals surface area contributed by atoms with Crippen molar-refractivity contribution >= 4 is 27.5 Å². The number of amides is 1. The number of rotatable bonds is 5. The van der Waals surface area contributed by atoms with Gasteiger partial charge in [-0.3, -0.25) is 14.2 Å². The third-order valence-electron chi connectivity index (χ3n) is 6.45. The summed E-state index contributed by atoms with van der Waals surface area (Å²) in [4.78, 5) is 42.9. The number of ether oxygens (including phenoxy) is 2. The van der Waals surface area contributed by atoms with Crippen LogP contribution in [0, 0.1) is 5.82 Å². The lowest BCUT2D eigenvalue weighted by Crippen LogP contribution is -2.39. The van der Waals surface area contributed by atoms with Crippen LogP contribution in [-0.4, -0.2) is 40.7 Å². The number of carbonyl (C=O) groups is 1. The van der Waals surface area contributed by atoms with Crippen molar-refractivity contribution in [3.8, 4) is 17.2 Å². The number of benzene rings is 2. The van der Waals surface area contributed by atoms with Gasteiger partial charge in [0.2, 0.25) is 5.91 Å². The Balaban J connectivity index is 1.80. The quantitative estimate of drug-likeness (QED) is 0.412. The van der Waals surface area contributed by atoms with Gasteiger partial charge in [0.1, 0.15) is 22.1 Å². The summed E-state index contributed by atoms with van der Waals surface area (Å²) in [6.45, 7) is 2.55. The van der Waals surface area contributed by atoms with E-state index in [1.807, 2.05) is 0 Å². The highest BCUT2D eigenvalue weighted by atomic mass is 32.1. The van der Waals surface area contributed by atoms with E-state index in [2.05, 4.69) is 0 Å². The third-order valence-corrected chi connectivity index (χ3v) is 7.69. The topological polar surface area (TPSA) is 82.8 Å². The molecule has 1 aliphatic heterocycles. The van der Waals surface area contributed by atoms with Crippen molar-refractivity contribution in [1.29, 1.82) is 0 Å². The van der Waals surface area contributed by atoms with Gasteiger partial charge in [-0.1, -0.05) is 12.1 Å². The highest BCUT2D eigenvalue weighted by Crippen LogP contribution is 2.34. The van der Waals surface area contributed by atoms with Crippen molar-refractivity contribution in [1.82, 2.24) is 14.0 Å². The van der Waals surface area contributed by atoms with E-state index in [4.69, 9.17) is 9.47 Å². The normalized spacial score (nSPS) is 13.1. The molecule has 3 heterocycles. The van der Waals surface area contributed by atoms with Crippen LogP contribution in [0.1, 0.15) is 22.9 Å². The second kappa shape index (κ2) is 9.27. The first-order chi connectivity index (χ1) is 17.3. The fourth-order valence-electron chi connectivity index (χ4n) is 4.57. The molecule has 0 spiro atoms. The van der Waals surface area contributed by atoms with Crippen molar-refractivity contribution in [2.75, 3.05) is 20.8 Å². The van der Waals surface area contributed by atoms with E-state index in [0.717, 1.165) is 15.0 Å². The summed E-state index contributed by atoms with van der Waals surface area (Å²) < 4.78 is 27.0. The van der Waals surface area contributed by atoms with Crippen LogP contribution in [0.2, 0.25) is 0 Å². The van der Waals surface area contributed by atoms with Crippen LogP contribution in [0.25, 0.3) is 15.9 Å². The Labute approximate surface area is 209 Å². The van der Waals surface area contributed by atoms with Gasteiger partial charge in [0.05, 0.1) is 38.4 Å². The van der Waals surface area contributed by atoms with Gasteiger partial charge < -0.3 is 14.4 Å². The number of thiophene rings is 1. The number of halogens is 1. The molecule has 0 fully saturated rings. The Morgan fingerprint density at radius 2 is 1.83 bits per heavy atom. The lowest BCUT2D eigenvalue weighted by Gasteiger charge is -2.25. The molecule has 0 unspecified atom stereocenters. The predicted octanol–water partition coefficient (Wildman–Crippen LogP) is 3.32. The Kier molecular flexibility index (Phi) is 6.13. The zero-order valence-corrected chi connectivity index (χ0v) is 20.9. The highest BCUT2D eigenvalue weighted by molar-refractivity contribution is 7.18. The van der Waals surface area contributed by atoms with Crippen molar-refractivity contribution < 1.29 is 18.7 Å². The Hall–Kier alpha value is -3.92. The molecule has 1 aliphatic rings. The minimum absolute atomic E-state index is 0.0396. The molecule has 4 aromatic rings. The molecule has 2 aromatic heterocycles. The summed E-state index contributed by atoms with van der Waals surface area (Å²) in [5, 5.41) is 0.456. The standard InChI is InChI=1S/C26H24FN3O5S/c1-15(31)28-11-10-19-22(14-28)36-25-23(19)24(32)30(20-9-8-18(34-2)12-21(20)35-3)26(33)29(25)13-16-4-6-17(27)7-5-16/h4-9,12H,10-11,13-14H2,1-3H3. The van der Waals surface area contributed by atoms with Gasteiger partial charge in [0.25, 0.3) is 5.56 Å². The molecule has 0 bridgehead atoms. The number of aromatic nitrogens is 2. The number of hydrogen-bond acceptors (Lipinski definition) is 6. The molecule has 1 amide bonds. The van der Waals surface area contributed by atoms with E-state index in [9.17, 15) is 18.8 Å². The Morgan fingerprint density at radius 1 is 1.08 bits per heavy atom. The van der Waals surface area contributed by atoms with Crippen molar-refractivity contribution in [3.63, 3.8) is 0 Å². The van der Waals surface area contributed by atoms with E-state index in [1.165, 1.54) is 49.2 Å². The molecule has 186 valence electrons. The van der Waals surface area contributed by atoms with Gasteiger partial charge in [-0.15, -0.1) is 11.3 Å². The van der Waals surface area contributed by atoms with Crippen LogP contribution < -0.4 is 20.7 Å². The third kappa shape index (κ3) is 3.97. The zero-order chi connectivity index (χ0) is 25.6. The van der Waals surface area contributed by atoms with Crippen molar-refractivity contribution in [3.05, 3.63) is 85.1 Å². The second-order valence-electron chi connectivity index (χ2n) is 8.55. The Bertz CT molecular complexity index is 1600. The number of carbonyl (C=O) groups excluding carboxylic acids is 1. The summed E-state index contributed by atoms with van der Waals surface area (Å²) in [6, 6.07) is 10.8. The smallest absolute Gasteiger partial charge is 0.337 e. The largest absolute Gasteiger partial charge is 0.497 e. The first-order valence-electron chi connectivity index (χ1n) is 11.3. The van der Waals surface area contributed by atoms with Crippen LogP contribution in [0.5, 0.6) is 11.5 Å². The van der Waals surface area contributed by atoms with Gasteiger partial charge in [0.15, 0.2) is 0 Å². The Morgan fingerprint density at radius 3 is 2.50 bits per heavy atom. The summed E-state index contributed by atoms with van der Waals surface area (Å²) in [7, 11) is 2.98. The maximum Gasteiger partial charge on any atom is 0.337 e. The van der Waals surface area contributed by atoms with E-state index < -0.39 is 11.2 Å². The van der Waals surface area contributed by atoms with Crippen molar-refractivity contribution in [2.45, 2.75) is 26.4 Å². The highest BCUT2D eigenvalue weighted by Gasteiger charge is 2.28. The van der Waals surface area contributed by atoms with Gasteiger partial charge >= 0.3 is 5.69 Å². The van der Waals surface area contributed by atoms with Crippen LogP contribution in [-0.2, 0) is 24.3 Å². The van der Waals surface area contributed by atoms with E-state index in [0.29, 0.717) is 52.5 Å². The molecule has 2 aromatic carbocycles. The molecule has 8 nitrogen and oxygen atoms in total. The van der Waals surface area contributed by atoms with Gasteiger partial charge in [-0.2, -0.15) is 0 Å². The minimum Gasteiger partial charge on any atom is -0.497 e. The van der Waals surface area contributed by atoms with Crippen LogP contribution >= 0.6 is 11.3 Å². The molecule has 0 aliphatic carbocycles. The summed E-state index contributed by atoms with van der Waals surface area (Å²) >= 11 is 1.35. The summed E-state index contributed by atoms with van der Waals surface area (Å²) in [5.74, 6) is 0.420. The van der Waals surface area contributed by atoms with Gasteiger partial charge in [-0.25, -0.2) is 13.8 Å². The molecule has 10 heteroatoms. The number of fused-ring (bicyclic) bond motifs is 3. The average Bonchev–Trinajstić information content (AvgIpc) is 3.26. The van der Waals surface area contributed by atoms with E-state index in [-0.39, 0.29) is 18.3 Å². The number of nitrogens with zero attached hydrogens (tertiary/aromatic N) is 3. The number of methoxy groups -OCH3 is 2. The summed E-state index contributed by atoms with van der Waals surface area (Å²) in [6.07, 6.45) is 0.513. The molecule has 5 rings (SSSR count). The van der Waals surface area contributed by atoms with Crippen molar-refractivity contribution in [2.24, 2.45) is 0 Å². The lowest BCUT2D eigenvalue weighted by atomic mass is 10.1. The second-order valence-corrected chi connectivity index (χ2v) is 9.63. The average molecular weight is 510 g/mol.